The summed E-state index contributed by atoms with van der Waals surface area (Å²) in [5.41, 5.74) is 6.47. The Kier molecular flexibility index (Phi) is 4.67. The second kappa shape index (κ2) is 6.87. The minimum atomic E-state index is -1.30. The summed E-state index contributed by atoms with van der Waals surface area (Å²) in [4.78, 5) is 4.76. The van der Waals surface area contributed by atoms with Gasteiger partial charge in [-0.25, -0.2) is 4.39 Å². The van der Waals surface area contributed by atoms with E-state index in [0.29, 0.717) is 11.8 Å². The maximum absolute atomic E-state index is 14.5. The van der Waals surface area contributed by atoms with Crippen LogP contribution in [0.5, 0.6) is 0 Å². The highest BCUT2D eigenvalue weighted by Gasteiger charge is 2.33. The van der Waals surface area contributed by atoms with E-state index in [0.717, 1.165) is 12.0 Å². The van der Waals surface area contributed by atoms with E-state index in [2.05, 4.69) is 54.9 Å². The smallest absolute Gasteiger partial charge is 0.124 e. The molecule has 2 aliphatic carbocycles. The number of dihydropyridines is 1. The molecule has 3 atom stereocenters. The Hall–Kier alpha value is -2.00. The van der Waals surface area contributed by atoms with E-state index in [1.807, 2.05) is 7.05 Å². The first kappa shape index (κ1) is 18.4. The van der Waals surface area contributed by atoms with Gasteiger partial charge in [0.15, 0.2) is 0 Å². The first-order valence-electron chi connectivity index (χ1n) is 10.0. The van der Waals surface area contributed by atoms with Gasteiger partial charge in [0.25, 0.3) is 0 Å². The largest absolute Gasteiger partial charge is 0.310 e. The molecule has 0 amide bonds. The molecular formula is C24H29FN2. The average Bonchev–Trinajstić information content (AvgIpc) is 3.02. The molecule has 0 saturated heterocycles. The molecule has 0 spiro atoms. The number of nitrogens with one attached hydrogen (secondary N) is 1. The maximum atomic E-state index is 14.5. The molecule has 1 heterocycles. The predicted molar refractivity (Wildman–Crippen MR) is 111 cm³/mol. The molecule has 142 valence electrons. The number of rotatable bonds is 4. The maximum Gasteiger partial charge on any atom is 0.124 e. The number of halogens is 1. The van der Waals surface area contributed by atoms with Crippen LogP contribution in [0.4, 0.5) is 4.39 Å². The molecule has 0 fully saturated rings. The first-order valence-corrected chi connectivity index (χ1v) is 10.0. The Morgan fingerprint density at radius 2 is 1.96 bits per heavy atom. The van der Waals surface area contributed by atoms with Crippen molar-refractivity contribution < 1.29 is 4.39 Å². The fourth-order valence-corrected chi connectivity index (χ4v) is 4.96. The molecule has 0 aromatic heterocycles. The Labute approximate surface area is 162 Å². The minimum absolute atomic E-state index is 0.303. The zero-order chi connectivity index (χ0) is 19.2. The van der Waals surface area contributed by atoms with Gasteiger partial charge in [-0.1, -0.05) is 41.5 Å². The molecule has 0 bridgehead atoms. The van der Waals surface area contributed by atoms with E-state index in [-0.39, 0.29) is 6.04 Å². The van der Waals surface area contributed by atoms with Gasteiger partial charge in [0.1, 0.15) is 5.67 Å². The molecule has 2 unspecified atom stereocenters. The van der Waals surface area contributed by atoms with Crippen LogP contribution >= 0.6 is 0 Å². The number of benzene rings is 1. The van der Waals surface area contributed by atoms with E-state index in [1.165, 1.54) is 35.2 Å². The van der Waals surface area contributed by atoms with Crippen LogP contribution in [0.3, 0.4) is 0 Å². The summed E-state index contributed by atoms with van der Waals surface area (Å²) in [6, 6.07) is 8.22. The quantitative estimate of drug-likeness (QED) is 0.717. The molecule has 3 heteroatoms. The van der Waals surface area contributed by atoms with Crippen molar-refractivity contribution in [3.05, 3.63) is 70.0 Å². The molecule has 1 aliphatic heterocycles. The van der Waals surface area contributed by atoms with Crippen molar-refractivity contribution in [2.24, 2.45) is 10.9 Å². The first-order chi connectivity index (χ1) is 12.9. The number of hydrogen-bond acceptors (Lipinski definition) is 2. The Bertz CT molecular complexity index is 849. The van der Waals surface area contributed by atoms with Crippen molar-refractivity contribution in [2.45, 2.75) is 57.7 Å². The van der Waals surface area contributed by atoms with E-state index < -0.39 is 5.67 Å². The standard InChI is InChI=1S/C24H29FN2/c1-15-12-20-19-7-5-6-18(21(19)14-27-22(20)13-15)16-8-10-17(11-9-16)23(26-4)24(2,3)25/h8-14,18,20,23,26H,5-7H2,1-4H3/t18?,20?,23-/m0/s1. The van der Waals surface area contributed by atoms with Crippen LogP contribution in [0.2, 0.25) is 0 Å². The lowest BCUT2D eigenvalue weighted by molar-refractivity contribution is 0.155. The van der Waals surface area contributed by atoms with Gasteiger partial charge in [-0.2, -0.15) is 0 Å². The Morgan fingerprint density at radius 1 is 1.22 bits per heavy atom. The Morgan fingerprint density at radius 3 is 2.63 bits per heavy atom. The average molecular weight is 365 g/mol. The summed E-state index contributed by atoms with van der Waals surface area (Å²) >= 11 is 0. The van der Waals surface area contributed by atoms with Crippen LogP contribution in [0.15, 0.2) is 63.8 Å². The second-order valence-electron chi connectivity index (χ2n) is 8.59. The van der Waals surface area contributed by atoms with Crippen LogP contribution in [0.1, 0.15) is 63.1 Å². The van der Waals surface area contributed by atoms with E-state index in [4.69, 9.17) is 4.99 Å². The molecule has 1 N–H and O–H groups in total. The Balaban J connectivity index is 1.64. The molecule has 0 saturated carbocycles. The van der Waals surface area contributed by atoms with Gasteiger partial charge in [-0.3, -0.25) is 4.99 Å². The number of fused-ring (bicyclic) bond motifs is 2. The molecule has 1 aromatic rings. The number of alkyl halides is 1. The van der Waals surface area contributed by atoms with Crippen LogP contribution < -0.4 is 5.32 Å². The summed E-state index contributed by atoms with van der Waals surface area (Å²) < 4.78 is 14.5. The van der Waals surface area contributed by atoms with Gasteiger partial charge in [0.05, 0.1) is 11.7 Å². The van der Waals surface area contributed by atoms with Crippen molar-refractivity contribution in [3.63, 3.8) is 0 Å². The number of allylic oxidation sites excluding steroid dienone is 4. The highest BCUT2D eigenvalue weighted by Crippen LogP contribution is 2.46. The van der Waals surface area contributed by atoms with Gasteiger partial charge >= 0.3 is 0 Å². The lowest BCUT2D eigenvalue weighted by Gasteiger charge is -2.33. The molecular weight excluding hydrogens is 335 g/mol. The fraction of sp³-hybridized carbons (Fsp3) is 0.458. The van der Waals surface area contributed by atoms with Gasteiger partial charge in [-0.05, 0) is 69.9 Å². The highest BCUT2D eigenvalue weighted by atomic mass is 19.1. The number of aliphatic imine (C=N–C) groups is 1. The summed E-state index contributed by atoms with van der Waals surface area (Å²) in [5, 5.41) is 3.11. The topological polar surface area (TPSA) is 24.4 Å². The van der Waals surface area contributed by atoms with Crippen molar-refractivity contribution >= 4 is 6.21 Å². The van der Waals surface area contributed by atoms with E-state index >= 15 is 0 Å². The summed E-state index contributed by atoms with van der Waals surface area (Å²) in [6.07, 6.45) is 10.2. The third-order valence-electron chi connectivity index (χ3n) is 6.18. The van der Waals surface area contributed by atoms with E-state index in [1.54, 1.807) is 19.4 Å². The van der Waals surface area contributed by atoms with Crippen LogP contribution in [-0.2, 0) is 0 Å². The lowest BCUT2D eigenvalue weighted by Crippen LogP contribution is -2.33. The molecule has 4 rings (SSSR count). The third kappa shape index (κ3) is 3.34. The summed E-state index contributed by atoms with van der Waals surface area (Å²) in [6.45, 7) is 5.41. The van der Waals surface area contributed by atoms with Crippen LogP contribution in [0, 0.1) is 5.92 Å². The zero-order valence-electron chi connectivity index (χ0n) is 16.7. The molecule has 27 heavy (non-hydrogen) atoms. The van der Waals surface area contributed by atoms with E-state index in [9.17, 15) is 4.39 Å². The van der Waals surface area contributed by atoms with Gasteiger partial charge in [0.2, 0.25) is 0 Å². The highest BCUT2D eigenvalue weighted by molar-refractivity contribution is 5.86. The summed E-state index contributed by atoms with van der Waals surface area (Å²) in [5.74, 6) is 0.780. The third-order valence-corrected chi connectivity index (χ3v) is 6.18. The molecule has 0 radical (unpaired) electrons. The van der Waals surface area contributed by atoms with Gasteiger partial charge in [0, 0.05) is 18.1 Å². The second-order valence-corrected chi connectivity index (χ2v) is 8.59. The van der Waals surface area contributed by atoms with Crippen molar-refractivity contribution in [3.8, 4) is 0 Å². The predicted octanol–water partition coefficient (Wildman–Crippen LogP) is 5.80. The van der Waals surface area contributed by atoms with Gasteiger partial charge in [-0.15, -0.1) is 0 Å². The van der Waals surface area contributed by atoms with Gasteiger partial charge < -0.3 is 5.32 Å². The summed E-state index contributed by atoms with van der Waals surface area (Å²) in [7, 11) is 1.82. The van der Waals surface area contributed by atoms with Crippen LogP contribution in [0.25, 0.3) is 0 Å². The van der Waals surface area contributed by atoms with Crippen molar-refractivity contribution in [1.29, 1.82) is 0 Å². The molecule has 3 aliphatic rings. The monoisotopic (exact) mass is 364 g/mol. The normalized spacial score (nSPS) is 25.7. The zero-order valence-corrected chi connectivity index (χ0v) is 16.7. The fourth-order valence-electron chi connectivity index (χ4n) is 4.96. The van der Waals surface area contributed by atoms with Crippen molar-refractivity contribution in [2.75, 3.05) is 7.05 Å². The molecule has 1 aromatic carbocycles. The van der Waals surface area contributed by atoms with Crippen molar-refractivity contribution in [1.82, 2.24) is 5.32 Å². The minimum Gasteiger partial charge on any atom is -0.310 e. The SMILES string of the molecule is CN[C@@H](c1ccc(C2CCCC3=C2C=NC2=CC(C)=CC23)cc1)C(C)(C)F. The molecule has 2 nitrogen and oxygen atoms in total. The van der Waals surface area contributed by atoms with Crippen LogP contribution in [-0.4, -0.2) is 18.9 Å². The lowest BCUT2D eigenvalue weighted by atomic mass is 9.74. The number of nitrogens with zero attached hydrogens (tertiary/aromatic N) is 1. The number of hydrogen-bond donors (Lipinski definition) is 1.